The van der Waals surface area contributed by atoms with Crippen LogP contribution in [0.1, 0.15) is 62.6 Å². The van der Waals surface area contributed by atoms with E-state index in [2.05, 4.69) is 11.4 Å². The lowest BCUT2D eigenvalue weighted by atomic mass is 9.64. The minimum atomic E-state index is -0.713. The molecule has 6 heteroatoms. The summed E-state index contributed by atoms with van der Waals surface area (Å²) in [4.78, 5) is 26.2. The first-order chi connectivity index (χ1) is 15.0. The fraction of sp³-hybridized carbons (Fsp3) is 0.423. The highest BCUT2D eigenvalue weighted by Crippen LogP contribution is 2.70. The molecule has 0 heterocycles. The fourth-order valence-corrected chi connectivity index (χ4v) is 6.04. The van der Waals surface area contributed by atoms with Gasteiger partial charge in [-0.2, -0.15) is 5.26 Å². The zero-order valence-corrected chi connectivity index (χ0v) is 20.2. The van der Waals surface area contributed by atoms with Gasteiger partial charge >= 0.3 is 0 Å². The molecule has 0 spiro atoms. The molecule has 0 saturated heterocycles. The van der Waals surface area contributed by atoms with Crippen LogP contribution >= 0.6 is 23.2 Å². The van der Waals surface area contributed by atoms with E-state index in [0.29, 0.717) is 27.7 Å². The van der Waals surface area contributed by atoms with E-state index in [1.807, 2.05) is 45.9 Å². The topological polar surface area (TPSA) is 70.0 Å². The molecule has 2 aliphatic rings. The predicted molar refractivity (Wildman–Crippen MR) is 127 cm³/mol. The van der Waals surface area contributed by atoms with E-state index < -0.39 is 22.2 Å². The van der Waals surface area contributed by atoms with Crippen LogP contribution in [0.4, 0.5) is 5.69 Å². The maximum atomic E-state index is 13.5. The summed E-state index contributed by atoms with van der Waals surface area (Å²) < 4.78 is 0. The molecule has 2 aromatic rings. The minimum Gasteiger partial charge on any atom is -0.325 e. The molecule has 4 rings (SSSR count). The summed E-state index contributed by atoms with van der Waals surface area (Å²) in [6.07, 6.45) is 1.71. The summed E-state index contributed by atoms with van der Waals surface area (Å²) in [6.45, 7) is 7.95. The van der Waals surface area contributed by atoms with Gasteiger partial charge in [0, 0.05) is 27.6 Å². The average molecular weight is 469 g/mol. The van der Waals surface area contributed by atoms with E-state index in [1.165, 1.54) is 0 Å². The number of halogens is 2. The highest BCUT2D eigenvalue weighted by molar-refractivity contribution is 6.32. The van der Waals surface area contributed by atoms with Gasteiger partial charge in [0.2, 0.25) is 5.91 Å². The number of hydrogen-bond donors (Lipinski definition) is 1. The van der Waals surface area contributed by atoms with Crippen molar-refractivity contribution in [3.8, 4) is 6.07 Å². The molecule has 1 amide bonds. The van der Waals surface area contributed by atoms with Crippen molar-refractivity contribution in [2.75, 3.05) is 5.32 Å². The van der Waals surface area contributed by atoms with Gasteiger partial charge < -0.3 is 5.32 Å². The molecule has 166 valence electrons. The van der Waals surface area contributed by atoms with E-state index in [-0.39, 0.29) is 18.1 Å². The number of amides is 1. The standard InChI is InChI=1S/C26H26Cl2N2O2/c1-15-11-18(19(14-29)16-5-7-17(27)8-6-16)20(28)12-21(15)30-23(32)26-10-9-25(4,22(31)13-26)24(26,2)3/h5-8,11-12,19H,9-10,13H2,1-4H3,(H,30,32). The van der Waals surface area contributed by atoms with Crippen LogP contribution in [-0.4, -0.2) is 11.7 Å². The summed E-state index contributed by atoms with van der Waals surface area (Å²) in [5.74, 6) is -0.504. The molecule has 2 saturated carbocycles. The largest absolute Gasteiger partial charge is 0.325 e. The molecule has 3 atom stereocenters. The number of fused-ring (bicyclic) bond motifs is 2. The zero-order chi connectivity index (χ0) is 23.5. The van der Waals surface area contributed by atoms with E-state index in [9.17, 15) is 14.9 Å². The number of nitriles is 1. The second-order valence-electron chi connectivity index (χ2n) is 9.90. The number of rotatable bonds is 4. The minimum absolute atomic E-state index is 0.126. The van der Waals surface area contributed by atoms with Gasteiger partial charge in [0.15, 0.2) is 0 Å². The van der Waals surface area contributed by atoms with Crippen molar-refractivity contribution in [1.82, 2.24) is 0 Å². The molecule has 3 unspecified atom stereocenters. The number of benzene rings is 2. The Morgan fingerprint density at radius 1 is 1.12 bits per heavy atom. The van der Waals surface area contributed by atoms with Gasteiger partial charge in [0.25, 0.3) is 0 Å². The van der Waals surface area contributed by atoms with Crippen LogP contribution in [0, 0.1) is 34.5 Å². The Bertz CT molecular complexity index is 1170. The molecule has 4 nitrogen and oxygen atoms in total. The van der Waals surface area contributed by atoms with Crippen molar-refractivity contribution in [3.05, 3.63) is 63.1 Å². The van der Waals surface area contributed by atoms with Crippen molar-refractivity contribution < 1.29 is 9.59 Å². The Kier molecular flexibility index (Phi) is 5.43. The first kappa shape index (κ1) is 22.8. The Morgan fingerprint density at radius 2 is 1.78 bits per heavy atom. The van der Waals surface area contributed by atoms with Crippen LogP contribution in [-0.2, 0) is 9.59 Å². The second-order valence-corrected chi connectivity index (χ2v) is 10.7. The summed E-state index contributed by atoms with van der Waals surface area (Å²) >= 11 is 12.6. The molecule has 0 aromatic heterocycles. The van der Waals surface area contributed by atoms with E-state index in [0.717, 1.165) is 17.5 Å². The number of nitrogens with zero attached hydrogens (tertiary/aromatic N) is 1. The van der Waals surface area contributed by atoms with Crippen LogP contribution in [0.25, 0.3) is 0 Å². The summed E-state index contributed by atoms with van der Waals surface area (Å²) in [6, 6.07) is 13.0. The van der Waals surface area contributed by atoms with Crippen molar-refractivity contribution in [3.63, 3.8) is 0 Å². The summed E-state index contributed by atoms with van der Waals surface area (Å²) in [7, 11) is 0. The third-order valence-electron chi connectivity index (χ3n) is 8.38. The Balaban J connectivity index is 1.65. The van der Waals surface area contributed by atoms with Crippen LogP contribution in [0.5, 0.6) is 0 Å². The van der Waals surface area contributed by atoms with Gasteiger partial charge in [-0.05, 0) is 60.1 Å². The van der Waals surface area contributed by atoms with Gasteiger partial charge in [0.1, 0.15) is 5.78 Å². The number of aryl methyl sites for hydroxylation is 1. The lowest BCUT2D eigenvalue weighted by Crippen LogP contribution is -2.43. The van der Waals surface area contributed by atoms with Gasteiger partial charge in [-0.3, -0.25) is 9.59 Å². The van der Waals surface area contributed by atoms with Crippen molar-refractivity contribution in [2.24, 2.45) is 16.2 Å². The first-order valence-electron chi connectivity index (χ1n) is 10.8. The Morgan fingerprint density at radius 3 is 2.31 bits per heavy atom. The normalized spacial score (nSPS) is 26.6. The molecule has 0 radical (unpaired) electrons. The van der Waals surface area contributed by atoms with Gasteiger partial charge in [-0.1, -0.05) is 62.2 Å². The molecule has 2 fully saturated rings. The first-order valence-corrected chi connectivity index (χ1v) is 11.5. The van der Waals surface area contributed by atoms with Gasteiger partial charge in [-0.15, -0.1) is 0 Å². The van der Waals surface area contributed by atoms with Crippen LogP contribution in [0.15, 0.2) is 36.4 Å². The van der Waals surface area contributed by atoms with Gasteiger partial charge in [0.05, 0.1) is 17.4 Å². The van der Waals surface area contributed by atoms with Gasteiger partial charge in [-0.25, -0.2) is 0 Å². The summed E-state index contributed by atoms with van der Waals surface area (Å²) in [5, 5.41) is 13.9. The van der Waals surface area contributed by atoms with Crippen molar-refractivity contribution in [2.45, 2.75) is 52.9 Å². The third kappa shape index (κ3) is 3.10. The smallest absolute Gasteiger partial charge is 0.231 e. The molecule has 32 heavy (non-hydrogen) atoms. The maximum absolute atomic E-state index is 13.5. The monoisotopic (exact) mass is 468 g/mol. The third-order valence-corrected chi connectivity index (χ3v) is 8.95. The predicted octanol–water partition coefficient (Wildman–Crippen LogP) is 6.68. The molecule has 2 bridgehead atoms. The highest BCUT2D eigenvalue weighted by atomic mass is 35.5. The lowest BCUT2D eigenvalue weighted by Gasteiger charge is -2.38. The van der Waals surface area contributed by atoms with E-state index in [1.54, 1.807) is 18.2 Å². The lowest BCUT2D eigenvalue weighted by molar-refractivity contribution is -0.131. The molecule has 2 aromatic carbocycles. The Hall–Kier alpha value is -2.35. The molecule has 1 N–H and O–H groups in total. The molecular weight excluding hydrogens is 443 g/mol. The Labute approximate surface area is 198 Å². The van der Waals surface area contributed by atoms with Crippen molar-refractivity contribution in [1.29, 1.82) is 5.26 Å². The number of ketones is 1. The molecule has 0 aliphatic heterocycles. The SMILES string of the molecule is Cc1cc(C(C#N)c2ccc(Cl)cc2)c(Cl)cc1NC(=O)C12CCC(C)(C(=O)C1)C2(C)C. The second kappa shape index (κ2) is 7.61. The number of carbonyl (C=O) groups excluding carboxylic acids is 2. The van der Waals surface area contributed by atoms with Crippen LogP contribution < -0.4 is 5.32 Å². The number of nitrogens with one attached hydrogen (secondary N) is 1. The van der Waals surface area contributed by atoms with Crippen molar-refractivity contribution >= 4 is 40.6 Å². The fourth-order valence-electron chi connectivity index (χ4n) is 5.64. The maximum Gasteiger partial charge on any atom is 0.231 e. The van der Waals surface area contributed by atoms with Crippen LogP contribution in [0.2, 0.25) is 10.0 Å². The quantitative estimate of drug-likeness (QED) is 0.543. The molecular formula is C26H26Cl2N2O2. The number of Topliss-reactive ketones (excluding diaryl/α,β-unsaturated/α-hetero) is 1. The van der Waals surface area contributed by atoms with E-state index >= 15 is 0 Å². The average Bonchev–Trinajstić information content (AvgIpc) is 3.03. The number of hydrogen-bond acceptors (Lipinski definition) is 3. The number of anilines is 1. The summed E-state index contributed by atoms with van der Waals surface area (Å²) in [5.41, 5.74) is 1.30. The number of carbonyl (C=O) groups is 2. The zero-order valence-electron chi connectivity index (χ0n) is 18.7. The van der Waals surface area contributed by atoms with Crippen LogP contribution in [0.3, 0.4) is 0 Å². The highest BCUT2D eigenvalue weighted by Gasteiger charge is 2.72. The molecule has 2 aliphatic carbocycles. The van der Waals surface area contributed by atoms with E-state index in [4.69, 9.17) is 23.2 Å².